The summed E-state index contributed by atoms with van der Waals surface area (Å²) in [5.74, 6) is -1.79. The van der Waals surface area contributed by atoms with Gasteiger partial charge in [0, 0.05) is 17.0 Å². The van der Waals surface area contributed by atoms with Crippen LogP contribution in [-0.4, -0.2) is 35.9 Å². The zero-order valence-electron chi connectivity index (χ0n) is 25.2. The van der Waals surface area contributed by atoms with Crippen LogP contribution in [0.15, 0.2) is 86.4 Å². The van der Waals surface area contributed by atoms with Crippen LogP contribution in [0.2, 0.25) is 0 Å². The smallest absolute Gasteiger partial charge is 0.320 e. The van der Waals surface area contributed by atoms with Crippen molar-refractivity contribution >= 4 is 37.5 Å². The summed E-state index contributed by atoms with van der Waals surface area (Å²) >= 11 is 0. The number of rotatable bonds is 12. The highest BCUT2D eigenvalue weighted by molar-refractivity contribution is 8.03. The molecule has 0 aliphatic heterocycles. The quantitative estimate of drug-likeness (QED) is 0.116. The second-order valence-electron chi connectivity index (χ2n) is 11.1. The summed E-state index contributed by atoms with van der Waals surface area (Å²) in [6.07, 6.45) is 3.14. The summed E-state index contributed by atoms with van der Waals surface area (Å²) < 4.78 is 51.7. The topological polar surface area (TPSA) is 133 Å². The van der Waals surface area contributed by atoms with Crippen molar-refractivity contribution in [2.45, 2.75) is 69.1 Å². The lowest BCUT2D eigenvalue weighted by atomic mass is 9.89. The van der Waals surface area contributed by atoms with Gasteiger partial charge in [-0.3, -0.25) is 14.9 Å². The van der Waals surface area contributed by atoms with Gasteiger partial charge in [-0.2, -0.15) is 8.42 Å². The molecule has 0 fully saturated rings. The Morgan fingerprint density at radius 3 is 1.93 bits per heavy atom. The number of hydrogen-bond acceptors (Lipinski definition) is 7. The first kappa shape index (κ1) is 33.7. The molecule has 3 rings (SSSR count). The van der Waals surface area contributed by atoms with Crippen molar-refractivity contribution in [2.75, 3.05) is 12.4 Å². The Morgan fingerprint density at radius 2 is 1.44 bits per heavy atom. The first-order valence-corrected chi connectivity index (χ1v) is 17.1. The second kappa shape index (κ2) is 14.1. The highest BCUT2D eigenvalue weighted by Crippen LogP contribution is 2.37. The largest absolute Gasteiger partial charge is 0.461 e. The average molecular weight is 627 g/mol. The fraction of sp³-hybridized carbons (Fsp3) is 0.344. The maximum Gasteiger partial charge on any atom is 0.320 e. The Bertz CT molecular complexity index is 1690. The molecule has 0 heterocycles. The minimum absolute atomic E-state index is 0.0324. The van der Waals surface area contributed by atoms with Gasteiger partial charge in [0.05, 0.1) is 9.82 Å². The SMILES string of the molecule is CC(C)c1cc(C(C)C)c(S(=O)(=O)N=S(=O)(CC(=O)OC/C=C/c2ccc([N+](=O)[O-])cc2)c2ccccc2)c(C(C)C)c1. The van der Waals surface area contributed by atoms with E-state index in [-0.39, 0.29) is 39.8 Å². The van der Waals surface area contributed by atoms with Crippen molar-refractivity contribution in [3.8, 4) is 0 Å². The molecule has 0 amide bonds. The molecule has 3 aromatic rings. The number of hydrogen-bond donors (Lipinski definition) is 0. The standard InChI is InChI=1S/C32H38N2O7S2/c1-22(2)26-19-29(23(3)4)32(30(20-26)24(5)6)43(39,40)33-42(38,28-12-8-7-9-13-28)21-31(35)41-18-10-11-25-14-16-27(17-15-25)34(36)37/h7-17,19-20,22-24H,18,21H2,1-6H3/b11-10+. The van der Waals surface area contributed by atoms with Crippen LogP contribution in [0.25, 0.3) is 6.08 Å². The fourth-order valence-corrected chi connectivity index (χ4v) is 8.86. The Balaban J connectivity index is 2.00. The molecule has 1 unspecified atom stereocenters. The van der Waals surface area contributed by atoms with Gasteiger partial charge in [-0.25, -0.2) is 4.21 Å². The van der Waals surface area contributed by atoms with E-state index in [9.17, 15) is 27.5 Å². The lowest BCUT2D eigenvalue weighted by Crippen LogP contribution is -2.21. The van der Waals surface area contributed by atoms with Crippen molar-refractivity contribution in [1.82, 2.24) is 0 Å². The molecule has 0 spiro atoms. The average Bonchev–Trinajstić information content (AvgIpc) is 2.94. The summed E-state index contributed by atoms with van der Waals surface area (Å²) in [6, 6.07) is 17.4. The Labute approximate surface area is 254 Å². The minimum atomic E-state index is -4.50. The molecule has 0 saturated carbocycles. The van der Waals surface area contributed by atoms with E-state index in [0.29, 0.717) is 16.7 Å². The maximum absolute atomic E-state index is 14.3. The first-order chi connectivity index (χ1) is 20.1. The molecule has 0 aliphatic rings. The Kier molecular flexibility index (Phi) is 11.0. The van der Waals surface area contributed by atoms with Gasteiger partial charge in [0.1, 0.15) is 22.1 Å². The third-order valence-corrected chi connectivity index (χ3v) is 11.1. The molecule has 0 aliphatic carbocycles. The monoisotopic (exact) mass is 626 g/mol. The number of nitro benzene ring substituents is 1. The molecule has 0 saturated heterocycles. The van der Waals surface area contributed by atoms with Crippen LogP contribution in [0.5, 0.6) is 0 Å². The van der Waals surface area contributed by atoms with Gasteiger partial charge in [0.15, 0.2) is 0 Å². The van der Waals surface area contributed by atoms with E-state index in [1.165, 1.54) is 30.3 Å². The number of non-ortho nitro benzene ring substituents is 1. The summed E-state index contributed by atoms with van der Waals surface area (Å²) in [5.41, 5.74) is 2.79. The number of esters is 1. The van der Waals surface area contributed by atoms with Crippen molar-refractivity contribution < 1.29 is 27.1 Å². The first-order valence-electron chi connectivity index (χ1n) is 13.9. The van der Waals surface area contributed by atoms with Crippen LogP contribution >= 0.6 is 0 Å². The van der Waals surface area contributed by atoms with Crippen LogP contribution in [0.1, 0.15) is 81.5 Å². The highest BCUT2D eigenvalue weighted by atomic mass is 32.3. The van der Waals surface area contributed by atoms with Crippen molar-refractivity contribution in [3.63, 3.8) is 0 Å². The molecular weight excluding hydrogens is 588 g/mol. The van der Waals surface area contributed by atoms with E-state index in [4.69, 9.17) is 4.74 Å². The number of carbonyl (C=O) groups is 1. The van der Waals surface area contributed by atoms with E-state index in [1.54, 1.807) is 36.4 Å². The van der Waals surface area contributed by atoms with Gasteiger partial charge < -0.3 is 4.74 Å². The molecule has 0 bridgehead atoms. The molecule has 0 N–H and O–H groups in total. The van der Waals surface area contributed by atoms with E-state index in [1.807, 2.05) is 53.7 Å². The van der Waals surface area contributed by atoms with Crippen LogP contribution in [0, 0.1) is 10.1 Å². The van der Waals surface area contributed by atoms with Gasteiger partial charge in [0.2, 0.25) is 0 Å². The molecule has 0 aromatic heterocycles. The maximum atomic E-state index is 14.3. The fourth-order valence-electron chi connectivity index (χ4n) is 4.40. The van der Waals surface area contributed by atoms with E-state index >= 15 is 0 Å². The summed E-state index contributed by atoms with van der Waals surface area (Å²) in [4.78, 5) is 23.3. The summed E-state index contributed by atoms with van der Waals surface area (Å²) in [7, 11) is -8.31. The number of nitrogens with zero attached hydrogens (tertiary/aromatic N) is 2. The molecular formula is C32H38N2O7S2. The van der Waals surface area contributed by atoms with Gasteiger partial charge in [-0.15, -0.1) is 3.77 Å². The van der Waals surface area contributed by atoms with Crippen LogP contribution < -0.4 is 0 Å². The van der Waals surface area contributed by atoms with Crippen LogP contribution in [0.3, 0.4) is 0 Å². The van der Waals surface area contributed by atoms with Gasteiger partial charge in [-0.05, 0) is 70.3 Å². The Hall–Kier alpha value is -3.83. The molecule has 43 heavy (non-hydrogen) atoms. The predicted octanol–water partition coefficient (Wildman–Crippen LogP) is 7.44. The number of ether oxygens (including phenoxy) is 1. The van der Waals surface area contributed by atoms with Crippen molar-refractivity contribution in [2.24, 2.45) is 3.77 Å². The number of benzene rings is 3. The lowest BCUT2D eigenvalue weighted by molar-refractivity contribution is -0.384. The number of carbonyl (C=O) groups excluding carboxylic acids is 1. The normalized spacial score (nSPS) is 13.4. The number of nitro groups is 1. The summed E-state index contributed by atoms with van der Waals surface area (Å²) in [6.45, 7) is 11.5. The van der Waals surface area contributed by atoms with Crippen LogP contribution in [0.4, 0.5) is 5.69 Å². The van der Waals surface area contributed by atoms with E-state index in [0.717, 1.165) is 5.56 Å². The van der Waals surface area contributed by atoms with Gasteiger partial charge >= 0.3 is 5.97 Å². The zero-order chi connectivity index (χ0) is 31.9. The molecule has 1 atom stereocenters. The van der Waals surface area contributed by atoms with E-state index in [2.05, 4.69) is 3.77 Å². The number of sulfonamides is 1. The van der Waals surface area contributed by atoms with Crippen molar-refractivity contribution in [3.05, 3.63) is 105 Å². The molecule has 9 nitrogen and oxygen atoms in total. The Morgan fingerprint density at radius 1 is 0.884 bits per heavy atom. The molecule has 3 aromatic carbocycles. The molecule has 11 heteroatoms. The lowest BCUT2D eigenvalue weighted by Gasteiger charge is -2.22. The predicted molar refractivity (Wildman–Crippen MR) is 169 cm³/mol. The third kappa shape index (κ3) is 8.61. The van der Waals surface area contributed by atoms with Crippen molar-refractivity contribution in [1.29, 1.82) is 0 Å². The molecule has 230 valence electrons. The highest BCUT2D eigenvalue weighted by Gasteiger charge is 2.30. The van der Waals surface area contributed by atoms with Gasteiger partial charge in [-0.1, -0.05) is 78.0 Å². The second-order valence-corrected chi connectivity index (χ2v) is 15.1. The van der Waals surface area contributed by atoms with Gasteiger partial charge in [0.25, 0.3) is 15.7 Å². The van der Waals surface area contributed by atoms with E-state index < -0.39 is 36.4 Å². The minimum Gasteiger partial charge on any atom is -0.461 e. The molecule has 0 radical (unpaired) electrons. The van der Waals surface area contributed by atoms with Crippen LogP contribution in [-0.2, 0) is 29.3 Å². The third-order valence-electron chi connectivity index (χ3n) is 6.74. The summed E-state index contributed by atoms with van der Waals surface area (Å²) in [5, 5.41) is 10.8. The zero-order valence-corrected chi connectivity index (χ0v) is 26.9.